The molecule has 0 fully saturated rings. The Morgan fingerprint density at radius 2 is 1.17 bits per heavy atom. The van der Waals surface area contributed by atoms with Gasteiger partial charge in [0.1, 0.15) is 14.7 Å². The molecule has 0 saturated heterocycles. The lowest BCUT2D eigenvalue weighted by molar-refractivity contribution is 0.857. The molecule has 0 aromatic rings. The first-order valence-electron chi connectivity index (χ1n) is 6.56. The largest absolute Gasteiger partial charge is 0.266 e. The lowest BCUT2D eigenvalue weighted by Crippen LogP contribution is -2.14. The van der Waals surface area contributed by atoms with E-state index in [9.17, 15) is 0 Å². The first-order valence-corrected chi connectivity index (χ1v) is 13.4. The first-order chi connectivity index (χ1) is 8.24. The Kier molecular flexibility index (Phi) is 5.90. The van der Waals surface area contributed by atoms with Gasteiger partial charge in [-0.25, -0.2) is 13.5 Å². The monoisotopic (exact) mass is 311 g/mol. The zero-order valence-electron chi connectivity index (χ0n) is 12.5. The average molecular weight is 311 g/mol. The molecule has 0 spiro atoms. The van der Waals surface area contributed by atoms with Crippen molar-refractivity contribution in [3.05, 3.63) is 0 Å². The summed E-state index contributed by atoms with van der Waals surface area (Å²) in [6.45, 7) is 15.1. The van der Waals surface area contributed by atoms with E-state index in [0.29, 0.717) is 0 Å². The molecular formula is C10H28N5P3. The highest BCUT2D eigenvalue weighted by atomic mass is 31.3. The van der Waals surface area contributed by atoms with E-state index in [-0.39, 0.29) is 0 Å². The third kappa shape index (κ3) is 4.94. The van der Waals surface area contributed by atoms with E-state index >= 15 is 0 Å². The van der Waals surface area contributed by atoms with E-state index in [4.69, 9.17) is 13.5 Å². The quantitative estimate of drug-likeness (QED) is 0.699. The van der Waals surface area contributed by atoms with Crippen molar-refractivity contribution in [1.82, 2.24) is 10.2 Å². The fraction of sp³-hybridized carbons (Fsp3) is 1.00. The molecule has 2 N–H and O–H groups in total. The third-order valence-electron chi connectivity index (χ3n) is 2.46. The molecule has 0 aromatic heterocycles. The van der Waals surface area contributed by atoms with Gasteiger partial charge in [-0.05, 0) is 26.2 Å². The highest BCUT2D eigenvalue weighted by molar-refractivity contribution is 7.85. The second-order valence-electron chi connectivity index (χ2n) is 5.25. The molecule has 0 amide bonds. The van der Waals surface area contributed by atoms with Gasteiger partial charge in [0.05, 0.1) is 7.21 Å². The fourth-order valence-electron chi connectivity index (χ4n) is 2.02. The SMILES string of the molecule is CCCNP1(C)=NP(C)(C)=NP(C)(NCCC)=N1. The van der Waals surface area contributed by atoms with Gasteiger partial charge in [-0.1, -0.05) is 13.8 Å². The maximum Gasteiger partial charge on any atom is 0.141 e. The molecule has 1 rings (SSSR count). The average Bonchev–Trinajstić information content (AvgIpc) is 2.20. The van der Waals surface area contributed by atoms with Crippen LogP contribution in [0.2, 0.25) is 0 Å². The summed E-state index contributed by atoms with van der Waals surface area (Å²) in [5, 5.41) is 7.14. The van der Waals surface area contributed by atoms with Crippen molar-refractivity contribution in [2.45, 2.75) is 26.7 Å². The van der Waals surface area contributed by atoms with Gasteiger partial charge in [0.15, 0.2) is 0 Å². The summed E-state index contributed by atoms with van der Waals surface area (Å²) in [6.07, 6.45) is 2.24. The summed E-state index contributed by atoms with van der Waals surface area (Å²) in [6, 6.07) is 0. The number of rotatable bonds is 6. The predicted molar refractivity (Wildman–Crippen MR) is 88.3 cm³/mol. The maximum atomic E-state index is 5.01. The molecule has 1 heterocycles. The number of hydrogen-bond donors (Lipinski definition) is 2. The van der Waals surface area contributed by atoms with E-state index in [1.54, 1.807) is 0 Å². The van der Waals surface area contributed by atoms with Crippen molar-refractivity contribution in [2.75, 3.05) is 39.7 Å². The Balaban J connectivity index is 3.14. The Morgan fingerprint density at radius 3 is 1.61 bits per heavy atom. The van der Waals surface area contributed by atoms with Crippen molar-refractivity contribution in [3.63, 3.8) is 0 Å². The summed E-state index contributed by atoms with van der Waals surface area (Å²) >= 11 is 0. The van der Waals surface area contributed by atoms with Gasteiger partial charge in [0.2, 0.25) is 0 Å². The van der Waals surface area contributed by atoms with Gasteiger partial charge < -0.3 is 0 Å². The highest BCUT2D eigenvalue weighted by Crippen LogP contribution is 2.71. The summed E-state index contributed by atoms with van der Waals surface area (Å²) in [5.74, 6) is 0. The Labute approximate surface area is 112 Å². The molecule has 0 aliphatic carbocycles. The first kappa shape index (κ1) is 16.7. The lowest BCUT2D eigenvalue weighted by atomic mass is 10.5. The van der Waals surface area contributed by atoms with Gasteiger partial charge in [-0.3, -0.25) is 10.2 Å². The zero-order chi connectivity index (χ0) is 13.9. The van der Waals surface area contributed by atoms with Crippen LogP contribution in [0.4, 0.5) is 0 Å². The Bertz CT molecular complexity index is 435. The molecular weight excluding hydrogens is 283 g/mol. The van der Waals surface area contributed by atoms with Crippen LogP contribution in [0.1, 0.15) is 26.7 Å². The summed E-state index contributed by atoms with van der Waals surface area (Å²) in [5.41, 5.74) is 0. The molecule has 0 saturated carbocycles. The Hall–Kier alpha value is 0.610. The van der Waals surface area contributed by atoms with Gasteiger partial charge in [0.25, 0.3) is 0 Å². The van der Waals surface area contributed by atoms with Gasteiger partial charge >= 0.3 is 0 Å². The molecule has 0 aromatic carbocycles. The van der Waals surface area contributed by atoms with Crippen molar-refractivity contribution >= 4 is 21.9 Å². The summed E-state index contributed by atoms with van der Waals surface area (Å²) in [7, 11) is -4.97. The van der Waals surface area contributed by atoms with E-state index in [0.717, 1.165) is 25.9 Å². The van der Waals surface area contributed by atoms with Crippen LogP contribution in [-0.4, -0.2) is 39.7 Å². The zero-order valence-corrected chi connectivity index (χ0v) is 15.2. The molecule has 108 valence electrons. The second kappa shape index (κ2) is 6.37. The molecule has 8 heteroatoms. The van der Waals surface area contributed by atoms with Gasteiger partial charge in [-0.2, -0.15) is 0 Å². The van der Waals surface area contributed by atoms with E-state index in [1.165, 1.54) is 0 Å². The van der Waals surface area contributed by atoms with Crippen LogP contribution in [0.5, 0.6) is 0 Å². The summed E-state index contributed by atoms with van der Waals surface area (Å²) in [4.78, 5) is 0. The molecule has 1 aliphatic heterocycles. The van der Waals surface area contributed by atoms with Crippen LogP contribution in [0, 0.1) is 0 Å². The summed E-state index contributed by atoms with van der Waals surface area (Å²) < 4.78 is 14.9. The smallest absolute Gasteiger partial charge is 0.141 e. The topological polar surface area (TPSA) is 61.1 Å². The molecule has 0 radical (unpaired) electrons. The minimum atomic E-state index is -1.72. The standard InChI is InChI=1S/C10H28N5P3/c1-7-9-11-17(5)13-16(3,4)14-18(6,15-17)12-10-8-2/h11-12H,7-10H2,1-6H3. The minimum absolute atomic E-state index is 0.991. The third-order valence-corrected chi connectivity index (χ3v) is 13.2. The molecule has 2 unspecified atom stereocenters. The van der Waals surface area contributed by atoms with Crippen molar-refractivity contribution in [1.29, 1.82) is 0 Å². The Morgan fingerprint density at radius 1 is 0.722 bits per heavy atom. The van der Waals surface area contributed by atoms with Gasteiger partial charge in [0, 0.05) is 26.4 Å². The minimum Gasteiger partial charge on any atom is -0.266 e. The van der Waals surface area contributed by atoms with E-state index in [1.807, 2.05) is 0 Å². The molecule has 5 nitrogen and oxygen atoms in total. The van der Waals surface area contributed by atoms with Crippen LogP contribution in [-0.2, 0) is 0 Å². The lowest BCUT2D eigenvalue weighted by Gasteiger charge is -2.31. The molecule has 0 bridgehead atoms. The number of nitrogens with one attached hydrogen (secondary N) is 2. The fourth-order valence-corrected chi connectivity index (χ4v) is 15.3. The van der Waals surface area contributed by atoms with Crippen LogP contribution < -0.4 is 10.2 Å². The van der Waals surface area contributed by atoms with Crippen LogP contribution in [0.25, 0.3) is 0 Å². The molecule has 18 heavy (non-hydrogen) atoms. The van der Waals surface area contributed by atoms with E-state index in [2.05, 4.69) is 50.7 Å². The van der Waals surface area contributed by atoms with Crippen LogP contribution >= 0.6 is 21.9 Å². The van der Waals surface area contributed by atoms with Crippen LogP contribution in [0.15, 0.2) is 13.5 Å². The number of nitrogens with zero attached hydrogens (tertiary/aromatic N) is 3. The second-order valence-corrected chi connectivity index (χ2v) is 14.4. The van der Waals surface area contributed by atoms with Crippen molar-refractivity contribution in [3.8, 4) is 0 Å². The maximum absolute atomic E-state index is 5.01. The molecule has 2 atom stereocenters. The van der Waals surface area contributed by atoms with E-state index < -0.39 is 21.9 Å². The predicted octanol–water partition coefficient (Wildman–Crippen LogP) is 4.70. The van der Waals surface area contributed by atoms with Crippen molar-refractivity contribution in [2.24, 2.45) is 13.5 Å². The molecule has 1 aliphatic rings. The highest BCUT2D eigenvalue weighted by Gasteiger charge is 2.26. The van der Waals surface area contributed by atoms with Crippen molar-refractivity contribution < 1.29 is 0 Å². The van der Waals surface area contributed by atoms with Crippen LogP contribution in [0.3, 0.4) is 0 Å². The van der Waals surface area contributed by atoms with Gasteiger partial charge in [-0.15, -0.1) is 0 Å². The normalized spacial score (nSPS) is 34.3. The number of hydrogen-bond acceptors (Lipinski definition) is 5.